The molecule has 25 heavy (non-hydrogen) atoms. The fourth-order valence-corrected chi connectivity index (χ4v) is 4.40. The van der Waals surface area contributed by atoms with Crippen LogP contribution in [0.1, 0.15) is 26.2 Å². The van der Waals surface area contributed by atoms with Gasteiger partial charge in [0, 0.05) is 6.54 Å². The van der Waals surface area contributed by atoms with Crippen molar-refractivity contribution in [2.45, 2.75) is 43.2 Å². The summed E-state index contributed by atoms with van der Waals surface area (Å²) in [5.41, 5.74) is 0. The van der Waals surface area contributed by atoms with E-state index >= 15 is 0 Å². The van der Waals surface area contributed by atoms with Crippen LogP contribution in [0.15, 0.2) is 29.2 Å². The molecule has 2 atom stereocenters. The number of rotatable bonds is 5. The summed E-state index contributed by atoms with van der Waals surface area (Å²) in [7, 11) is -2.74. The zero-order chi connectivity index (χ0) is 18.6. The number of hydrogen-bond acceptors (Lipinski definition) is 5. The summed E-state index contributed by atoms with van der Waals surface area (Å²) in [4.78, 5) is 23.9. The van der Waals surface area contributed by atoms with E-state index < -0.39 is 39.8 Å². The molecule has 1 aromatic rings. The van der Waals surface area contributed by atoms with Gasteiger partial charge in [-0.2, -0.15) is 4.31 Å². The Morgan fingerprint density at radius 2 is 1.92 bits per heavy atom. The lowest BCUT2D eigenvalue weighted by atomic mass is 10.0. The molecule has 1 saturated heterocycles. The van der Waals surface area contributed by atoms with Crippen molar-refractivity contribution in [2.24, 2.45) is 0 Å². The molecule has 0 saturated carbocycles. The maximum absolute atomic E-state index is 13.1. The van der Waals surface area contributed by atoms with Gasteiger partial charge < -0.3 is 10.1 Å². The van der Waals surface area contributed by atoms with Crippen molar-refractivity contribution in [3.05, 3.63) is 30.1 Å². The number of hydrogen-bond donors (Lipinski definition) is 1. The number of sulfonamides is 1. The molecule has 1 fully saturated rings. The van der Waals surface area contributed by atoms with Crippen LogP contribution in [-0.2, 0) is 24.3 Å². The zero-order valence-corrected chi connectivity index (χ0v) is 14.9. The molecule has 1 aromatic carbocycles. The highest BCUT2D eigenvalue weighted by atomic mass is 32.2. The molecule has 1 heterocycles. The zero-order valence-electron chi connectivity index (χ0n) is 14.1. The molecule has 2 unspecified atom stereocenters. The van der Waals surface area contributed by atoms with E-state index in [1.807, 2.05) is 0 Å². The predicted octanol–water partition coefficient (Wildman–Crippen LogP) is 1.05. The van der Waals surface area contributed by atoms with Crippen LogP contribution >= 0.6 is 0 Å². The summed E-state index contributed by atoms with van der Waals surface area (Å²) in [6.07, 6.45) is 1.66. The number of carbonyl (C=O) groups is 2. The van der Waals surface area contributed by atoms with Gasteiger partial charge in [-0.05, 0) is 44.0 Å². The molecule has 1 amide bonds. The van der Waals surface area contributed by atoms with Crippen molar-refractivity contribution in [3.8, 4) is 0 Å². The molecule has 0 spiro atoms. The SMILES string of the molecule is COC(=O)C(C)NC(=O)C1CCCCN1S(=O)(=O)c1ccc(F)cc1. The molecule has 0 aliphatic carbocycles. The van der Waals surface area contributed by atoms with Crippen LogP contribution in [0.3, 0.4) is 0 Å². The fraction of sp³-hybridized carbons (Fsp3) is 0.500. The van der Waals surface area contributed by atoms with Gasteiger partial charge in [-0.1, -0.05) is 6.42 Å². The van der Waals surface area contributed by atoms with E-state index in [-0.39, 0.29) is 11.4 Å². The summed E-state index contributed by atoms with van der Waals surface area (Å²) >= 11 is 0. The van der Waals surface area contributed by atoms with Crippen molar-refractivity contribution >= 4 is 21.9 Å². The Hall–Kier alpha value is -2.00. The second-order valence-electron chi connectivity index (χ2n) is 5.83. The molecule has 1 N–H and O–H groups in total. The van der Waals surface area contributed by atoms with E-state index in [9.17, 15) is 22.4 Å². The topological polar surface area (TPSA) is 92.8 Å². The Balaban J connectivity index is 2.23. The van der Waals surface area contributed by atoms with E-state index in [1.165, 1.54) is 26.2 Å². The van der Waals surface area contributed by atoms with Crippen LogP contribution in [0.4, 0.5) is 4.39 Å². The molecule has 7 nitrogen and oxygen atoms in total. The number of piperidine rings is 1. The Morgan fingerprint density at radius 3 is 2.52 bits per heavy atom. The van der Waals surface area contributed by atoms with E-state index in [0.717, 1.165) is 16.4 Å². The van der Waals surface area contributed by atoms with Gasteiger partial charge in [0.1, 0.15) is 17.9 Å². The second-order valence-corrected chi connectivity index (χ2v) is 7.73. The quantitative estimate of drug-likeness (QED) is 0.780. The third kappa shape index (κ3) is 4.35. The monoisotopic (exact) mass is 372 g/mol. The summed E-state index contributed by atoms with van der Waals surface area (Å²) in [5.74, 6) is -1.71. The molecule has 138 valence electrons. The average Bonchev–Trinajstić information content (AvgIpc) is 2.61. The molecular formula is C16H21FN2O5S. The number of methoxy groups -OCH3 is 1. The summed E-state index contributed by atoms with van der Waals surface area (Å²) < 4.78 is 44.4. The van der Waals surface area contributed by atoms with Gasteiger partial charge in [-0.15, -0.1) is 0 Å². The lowest BCUT2D eigenvalue weighted by molar-refractivity contribution is -0.145. The van der Waals surface area contributed by atoms with E-state index in [2.05, 4.69) is 10.1 Å². The smallest absolute Gasteiger partial charge is 0.328 e. The van der Waals surface area contributed by atoms with Gasteiger partial charge >= 0.3 is 5.97 Å². The van der Waals surface area contributed by atoms with Crippen molar-refractivity contribution in [1.29, 1.82) is 0 Å². The lowest BCUT2D eigenvalue weighted by Crippen LogP contribution is -2.54. The summed E-state index contributed by atoms with van der Waals surface area (Å²) in [5, 5.41) is 2.48. The van der Waals surface area contributed by atoms with Gasteiger partial charge in [0.15, 0.2) is 0 Å². The van der Waals surface area contributed by atoms with Crippen molar-refractivity contribution in [3.63, 3.8) is 0 Å². The molecule has 0 bridgehead atoms. The number of benzene rings is 1. The molecule has 1 aliphatic heterocycles. The first-order valence-electron chi connectivity index (χ1n) is 7.93. The first-order chi connectivity index (χ1) is 11.8. The van der Waals surface area contributed by atoms with Crippen LogP contribution < -0.4 is 5.32 Å². The van der Waals surface area contributed by atoms with Gasteiger partial charge in [0.05, 0.1) is 12.0 Å². The molecule has 0 aromatic heterocycles. The molecular weight excluding hydrogens is 351 g/mol. The minimum absolute atomic E-state index is 0.0744. The van der Waals surface area contributed by atoms with Gasteiger partial charge in [0.25, 0.3) is 0 Å². The number of amides is 1. The molecule has 0 radical (unpaired) electrons. The minimum Gasteiger partial charge on any atom is -0.467 e. The normalized spacial score (nSPS) is 19.9. The van der Waals surface area contributed by atoms with Crippen LogP contribution in [0.2, 0.25) is 0 Å². The fourth-order valence-electron chi connectivity index (χ4n) is 2.74. The number of carbonyl (C=O) groups excluding carboxylic acids is 2. The van der Waals surface area contributed by atoms with E-state index in [0.29, 0.717) is 19.3 Å². The molecule has 9 heteroatoms. The summed E-state index contributed by atoms with van der Waals surface area (Å²) in [6, 6.07) is 2.67. The molecule has 1 aliphatic rings. The average molecular weight is 372 g/mol. The number of halogens is 1. The Morgan fingerprint density at radius 1 is 1.28 bits per heavy atom. The largest absolute Gasteiger partial charge is 0.467 e. The highest BCUT2D eigenvalue weighted by Gasteiger charge is 2.38. The minimum atomic E-state index is -3.94. The van der Waals surface area contributed by atoms with Crippen LogP contribution in [0.5, 0.6) is 0 Å². The Bertz CT molecular complexity index is 735. The highest BCUT2D eigenvalue weighted by Crippen LogP contribution is 2.25. The number of nitrogens with one attached hydrogen (secondary N) is 1. The lowest BCUT2D eigenvalue weighted by Gasteiger charge is -2.34. The molecule has 2 rings (SSSR count). The number of nitrogens with zero attached hydrogens (tertiary/aromatic N) is 1. The van der Waals surface area contributed by atoms with Crippen molar-refractivity contribution in [2.75, 3.05) is 13.7 Å². The summed E-state index contributed by atoms with van der Waals surface area (Å²) in [6.45, 7) is 1.65. The van der Waals surface area contributed by atoms with Crippen molar-refractivity contribution in [1.82, 2.24) is 9.62 Å². The second kappa shape index (κ2) is 7.92. The highest BCUT2D eigenvalue weighted by molar-refractivity contribution is 7.89. The third-order valence-electron chi connectivity index (χ3n) is 4.09. The van der Waals surface area contributed by atoms with Crippen LogP contribution in [-0.4, -0.2) is 50.3 Å². The third-order valence-corrected chi connectivity index (χ3v) is 6.01. The Labute approximate surface area is 146 Å². The van der Waals surface area contributed by atoms with Gasteiger partial charge in [0.2, 0.25) is 15.9 Å². The predicted molar refractivity (Wildman–Crippen MR) is 87.6 cm³/mol. The van der Waals surface area contributed by atoms with Gasteiger partial charge in [-0.3, -0.25) is 4.79 Å². The number of esters is 1. The standard InChI is InChI=1S/C16H21FN2O5S/c1-11(16(21)24-2)18-15(20)14-5-3-4-10-19(14)25(22,23)13-8-6-12(17)7-9-13/h6-9,11,14H,3-5,10H2,1-2H3,(H,18,20). The Kier molecular flexibility index (Phi) is 6.12. The number of ether oxygens (including phenoxy) is 1. The maximum atomic E-state index is 13.1. The van der Waals surface area contributed by atoms with Crippen molar-refractivity contribution < 1.29 is 27.1 Å². The first-order valence-corrected chi connectivity index (χ1v) is 9.37. The van der Waals surface area contributed by atoms with Crippen LogP contribution in [0.25, 0.3) is 0 Å². The first kappa shape index (κ1) is 19.3. The van der Waals surface area contributed by atoms with Crippen LogP contribution in [0, 0.1) is 5.82 Å². The van der Waals surface area contributed by atoms with E-state index in [4.69, 9.17) is 0 Å². The van der Waals surface area contributed by atoms with Gasteiger partial charge in [-0.25, -0.2) is 17.6 Å². The van der Waals surface area contributed by atoms with E-state index in [1.54, 1.807) is 0 Å². The maximum Gasteiger partial charge on any atom is 0.328 e.